The second-order valence-electron chi connectivity index (χ2n) is 3.81. The number of ketones is 1. The van der Waals surface area contributed by atoms with Crippen molar-refractivity contribution in [2.45, 2.75) is 20.3 Å². The molecule has 1 aliphatic rings. The molecule has 0 aromatic heterocycles. The fraction of sp³-hybridized carbons (Fsp3) is 0.364. The number of benzene rings is 1. The number of hydrogen-bond acceptors (Lipinski definition) is 1. The topological polar surface area (TPSA) is 17.1 Å². The van der Waals surface area contributed by atoms with Gasteiger partial charge in [0.2, 0.25) is 0 Å². The predicted molar refractivity (Wildman–Crippen MR) is 63.8 cm³/mol. The molecule has 0 fully saturated rings. The molecule has 2 rings (SSSR count). The van der Waals surface area contributed by atoms with Crippen LogP contribution in [0.3, 0.4) is 0 Å². The van der Waals surface area contributed by atoms with E-state index in [0.29, 0.717) is 0 Å². The van der Waals surface area contributed by atoms with E-state index < -0.39 is 0 Å². The van der Waals surface area contributed by atoms with Crippen molar-refractivity contribution in [3.8, 4) is 0 Å². The Kier molecular flexibility index (Phi) is 2.56. The highest BCUT2D eigenvalue weighted by Crippen LogP contribution is 2.38. The largest absolute Gasteiger partial charge is 0.294 e. The van der Waals surface area contributed by atoms with Crippen molar-refractivity contribution in [3.05, 3.63) is 31.7 Å². The summed E-state index contributed by atoms with van der Waals surface area (Å²) in [7, 11) is 0. The molecule has 0 saturated carbocycles. The highest BCUT2D eigenvalue weighted by Gasteiger charge is 2.31. The van der Waals surface area contributed by atoms with E-state index in [1.54, 1.807) is 0 Å². The molecule has 0 aliphatic heterocycles. The SMILES string of the molecule is Cc1cc(Br)c2c(c1Br)C(=O)C(C)C2. The number of Topliss-reactive ketones (excluding diaryl/α,β-unsaturated/α-hetero) is 1. The van der Waals surface area contributed by atoms with Gasteiger partial charge in [0.05, 0.1) is 0 Å². The van der Waals surface area contributed by atoms with E-state index in [2.05, 4.69) is 37.9 Å². The summed E-state index contributed by atoms with van der Waals surface area (Å²) in [5.41, 5.74) is 3.14. The summed E-state index contributed by atoms with van der Waals surface area (Å²) in [5, 5.41) is 0. The lowest BCUT2D eigenvalue weighted by molar-refractivity contribution is 0.0945. The van der Waals surface area contributed by atoms with Crippen molar-refractivity contribution in [1.82, 2.24) is 0 Å². The highest BCUT2D eigenvalue weighted by molar-refractivity contribution is 9.11. The van der Waals surface area contributed by atoms with Crippen molar-refractivity contribution in [2.75, 3.05) is 0 Å². The molecule has 0 bridgehead atoms. The summed E-state index contributed by atoms with van der Waals surface area (Å²) in [6, 6.07) is 2.06. The Bertz CT molecular complexity index is 424. The lowest BCUT2D eigenvalue weighted by Gasteiger charge is -2.06. The predicted octanol–water partition coefficient (Wildman–Crippen LogP) is 3.89. The van der Waals surface area contributed by atoms with Crippen LogP contribution in [0.4, 0.5) is 0 Å². The molecule has 1 aliphatic carbocycles. The van der Waals surface area contributed by atoms with Crippen LogP contribution in [0.5, 0.6) is 0 Å². The maximum Gasteiger partial charge on any atom is 0.167 e. The van der Waals surface area contributed by atoms with Gasteiger partial charge in [-0.1, -0.05) is 22.9 Å². The average Bonchev–Trinajstić information content (AvgIpc) is 2.41. The van der Waals surface area contributed by atoms with Gasteiger partial charge in [-0.05, 0) is 46.5 Å². The third-order valence-corrected chi connectivity index (χ3v) is 4.43. The Labute approximate surface area is 100 Å². The molecule has 0 saturated heterocycles. The molecule has 14 heavy (non-hydrogen) atoms. The molecule has 0 radical (unpaired) electrons. The fourth-order valence-electron chi connectivity index (χ4n) is 1.89. The minimum atomic E-state index is 0.124. The standard InChI is InChI=1S/C11H10Br2O/c1-5-4-8(12)7-3-6(2)11(14)9(7)10(5)13/h4,6H,3H2,1-2H3. The number of fused-ring (bicyclic) bond motifs is 1. The van der Waals surface area contributed by atoms with Crippen molar-refractivity contribution in [2.24, 2.45) is 5.92 Å². The van der Waals surface area contributed by atoms with Gasteiger partial charge in [-0.15, -0.1) is 0 Å². The number of halogens is 2. The molecule has 1 unspecified atom stereocenters. The summed E-state index contributed by atoms with van der Waals surface area (Å²) >= 11 is 7.01. The summed E-state index contributed by atoms with van der Waals surface area (Å²) in [5.74, 6) is 0.385. The van der Waals surface area contributed by atoms with Crippen molar-refractivity contribution in [1.29, 1.82) is 0 Å². The number of carbonyl (C=O) groups excluding carboxylic acids is 1. The third kappa shape index (κ3) is 1.38. The maximum atomic E-state index is 11.9. The van der Waals surface area contributed by atoms with Crippen LogP contribution in [0.1, 0.15) is 28.4 Å². The quantitative estimate of drug-likeness (QED) is 0.709. The average molecular weight is 318 g/mol. The van der Waals surface area contributed by atoms with Crippen LogP contribution in [0, 0.1) is 12.8 Å². The van der Waals surface area contributed by atoms with Crippen LogP contribution in [-0.4, -0.2) is 5.78 Å². The fourth-order valence-corrected chi connectivity index (χ4v) is 3.14. The highest BCUT2D eigenvalue weighted by atomic mass is 79.9. The Morgan fingerprint density at radius 3 is 2.71 bits per heavy atom. The van der Waals surface area contributed by atoms with Crippen LogP contribution in [0.25, 0.3) is 0 Å². The van der Waals surface area contributed by atoms with Crippen LogP contribution in [-0.2, 0) is 6.42 Å². The van der Waals surface area contributed by atoms with Gasteiger partial charge in [0.15, 0.2) is 5.78 Å². The molecule has 0 amide bonds. The van der Waals surface area contributed by atoms with Crippen molar-refractivity contribution in [3.63, 3.8) is 0 Å². The number of carbonyl (C=O) groups is 1. The van der Waals surface area contributed by atoms with E-state index in [1.165, 1.54) is 0 Å². The van der Waals surface area contributed by atoms with Gasteiger partial charge in [-0.25, -0.2) is 0 Å². The van der Waals surface area contributed by atoms with Crippen molar-refractivity contribution >= 4 is 37.6 Å². The summed E-state index contributed by atoms with van der Waals surface area (Å²) in [6.45, 7) is 3.99. The smallest absolute Gasteiger partial charge is 0.167 e. The molecule has 1 aromatic rings. The maximum absolute atomic E-state index is 11.9. The molecular formula is C11H10Br2O. The van der Waals surface area contributed by atoms with Gasteiger partial charge in [0.1, 0.15) is 0 Å². The molecule has 74 valence electrons. The zero-order chi connectivity index (χ0) is 10.5. The lowest BCUT2D eigenvalue weighted by atomic mass is 10.1. The number of hydrogen-bond donors (Lipinski definition) is 0. The first-order valence-corrected chi connectivity index (χ1v) is 6.12. The Hall–Kier alpha value is -0.150. The van der Waals surface area contributed by atoms with Crippen LogP contribution in [0.2, 0.25) is 0 Å². The Morgan fingerprint density at radius 2 is 2.07 bits per heavy atom. The first kappa shape index (κ1) is 10.4. The minimum absolute atomic E-state index is 0.124. The van der Waals surface area contributed by atoms with Crippen LogP contribution < -0.4 is 0 Å². The molecule has 1 atom stereocenters. The van der Waals surface area contributed by atoms with Gasteiger partial charge < -0.3 is 0 Å². The summed E-state index contributed by atoms with van der Waals surface area (Å²) in [6.07, 6.45) is 0.855. The van der Waals surface area contributed by atoms with E-state index in [-0.39, 0.29) is 11.7 Å². The molecule has 1 nitrogen and oxygen atoms in total. The Morgan fingerprint density at radius 1 is 1.43 bits per heavy atom. The second-order valence-corrected chi connectivity index (χ2v) is 5.46. The van der Waals surface area contributed by atoms with Crippen LogP contribution >= 0.6 is 31.9 Å². The molecular weight excluding hydrogens is 308 g/mol. The molecule has 0 spiro atoms. The van der Waals surface area contributed by atoms with Crippen LogP contribution in [0.15, 0.2) is 15.0 Å². The van der Waals surface area contributed by atoms with E-state index in [9.17, 15) is 4.79 Å². The number of aryl methyl sites for hydroxylation is 1. The monoisotopic (exact) mass is 316 g/mol. The molecule has 3 heteroatoms. The first-order valence-electron chi connectivity index (χ1n) is 4.54. The summed E-state index contributed by atoms with van der Waals surface area (Å²) < 4.78 is 2.02. The van der Waals surface area contributed by atoms with Gasteiger partial charge in [0, 0.05) is 20.4 Å². The molecule has 0 N–H and O–H groups in total. The Balaban J connectivity index is 2.74. The zero-order valence-electron chi connectivity index (χ0n) is 8.03. The molecule has 0 heterocycles. The van der Waals surface area contributed by atoms with E-state index >= 15 is 0 Å². The third-order valence-electron chi connectivity index (χ3n) is 2.70. The second kappa shape index (κ2) is 3.46. The summed E-state index contributed by atoms with van der Waals surface area (Å²) in [4.78, 5) is 11.9. The van der Waals surface area contributed by atoms with E-state index in [0.717, 1.165) is 32.1 Å². The van der Waals surface area contributed by atoms with Gasteiger partial charge in [0.25, 0.3) is 0 Å². The van der Waals surface area contributed by atoms with E-state index in [4.69, 9.17) is 0 Å². The first-order chi connectivity index (χ1) is 6.52. The van der Waals surface area contributed by atoms with Gasteiger partial charge in [-0.3, -0.25) is 4.79 Å². The van der Waals surface area contributed by atoms with Crippen molar-refractivity contribution < 1.29 is 4.79 Å². The number of rotatable bonds is 0. The normalized spacial score (nSPS) is 20.0. The minimum Gasteiger partial charge on any atom is -0.294 e. The zero-order valence-corrected chi connectivity index (χ0v) is 11.2. The van der Waals surface area contributed by atoms with Gasteiger partial charge in [-0.2, -0.15) is 0 Å². The van der Waals surface area contributed by atoms with Gasteiger partial charge >= 0.3 is 0 Å². The van der Waals surface area contributed by atoms with E-state index in [1.807, 2.05) is 13.8 Å². The lowest BCUT2D eigenvalue weighted by Crippen LogP contribution is -2.04. The molecule has 1 aromatic carbocycles.